The Morgan fingerprint density at radius 1 is 1.17 bits per heavy atom. The van der Waals surface area contributed by atoms with Crippen LogP contribution in [0.15, 0.2) is 41.4 Å². The van der Waals surface area contributed by atoms with Gasteiger partial charge in [-0.2, -0.15) is 0 Å². The van der Waals surface area contributed by atoms with Crippen molar-refractivity contribution in [1.29, 1.82) is 0 Å². The van der Waals surface area contributed by atoms with E-state index < -0.39 is 0 Å². The first-order valence-corrected chi connectivity index (χ1v) is 9.96. The highest BCUT2D eigenvalue weighted by atomic mass is 19.1. The fraction of sp³-hybridized carbons (Fsp3) is 0.409. The molecular formula is C22H28FN3O3. The second-order valence-corrected chi connectivity index (χ2v) is 6.58. The third kappa shape index (κ3) is 5.84. The molecule has 0 aromatic heterocycles. The first kappa shape index (κ1) is 20.9. The maximum absolute atomic E-state index is 13.9. The van der Waals surface area contributed by atoms with Gasteiger partial charge in [0.2, 0.25) is 0 Å². The molecule has 0 aliphatic carbocycles. The number of hydrogen-bond donors (Lipinski definition) is 2. The highest BCUT2D eigenvalue weighted by Gasteiger charge is 2.16. The van der Waals surface area contributed by atoms with Crippen LogP contribution < -0.4 is 20.1 Å². The highest BCUT2D eigenvalue weighted by molar-refractivity contribution is 5.79. The van der Waals surface area contributed by atoms with E-state index >= 15 is 0 Å². The number of fused-ring (bicyclic) bond motifs is 1. The first-order chi connectivity index (χ1) is 14.2. The summed E-state index contributed by atoms with van der Waals surface area (Å²) < 4.78 is 30.4. The van der Waals surface area contributed by atoms with Gasteiger partial charge in [-0.25, -0.2) is 9.38 Å². The Balaban J connectivity index is 1.63. The van der Waals surface area contributed by atoms with E-state index in [1.807, 2.05) is 38.1 Å². The fourth-order valence-electron chi connectivity index (χ4n) is 3.19. The molecule has 7 heteroatoms. The summed E-state index contributed by atoms with van der Waals surface area (Å²) in [7, 11) is 0. The predicted molar refractivity (Wildman–Crippen MR) is 111 cm³/mol. The number of guanidine groups is 1. The van der Waals surface area contributed by atoms with Gasteiger partial charge in [0.1, 0.15) is 17.3 Å². The van der Waals surface area contributed by atoms with Crippen LogP contribution in [0.2, 0.25) is 0 Å². The summed E-state index contributed by atoms with van der Waals surface area (Å²) in [5.41, 5.74) is 2.60. The van der Waals surface area contributed by atoms with E-state index in [2.05, 4.69) is 15.6 Å². The van der Waals surface area contributed by atoms with Gasteiger partial charge in [-0.3, -0.25) is 0 Å². The molecule has 2 aromatic rings. The molecule has 3 rings (SSSR count). The Labute approximate surface area is 171 Å². The minimum absolute atomic E-state index is 0.197. The molecule has 2 aromatic carbocycles. The van der Waals surface area contributed by atoms with Crippen LogP contribution in [-0.2, 0) is 24.3 Å². The van der Waals surface area contributed by atoms with Gasteiger partial charge in [-0.1, -0.05) is 18.2 Å². The normalized spacial score (nSPS) is 13.4. The SMILES string of the molecule is CCNC(=NCc1ccccc1OCC)NCCc1cc(F)cc2c1OCOC2. The molecular weight excluding hydrogens is 373 g/mol. The summed E-state index contributed by atoms with van der Waals surface area (Å²) in [5, 5.41) is 6.54. The molecule has 29 heavy (non-hydrogen) atoms. The van der Waals surface area contributed by atoms with Crippen LogP contribution in [0.3, 0.4) is 0 Å². The van der Waals surface area contributed by atoms with Crippen LogP contribution in [0.4, 0.5) is 4.39 Å². The standard InChI is InChI=1S/C22H28FN3O3/c1-3-24-22(26-13-17-7-5-6-8-20(17)28-4-2)25-10-9-16-11-19(23)12-18-14-27-15-29-21(16)18/h5-8,11-12H,3-4,9-10,13-15H2,1-2H3,(H2,24,25,26). The maximum atomic E-state index is 13.9. The molecule has 0 unspecified atom stereocenters. The van der Waals surface area contributed by atoms with Gasteiger partial charge in [0.15, 0.2) is 12.8 Å². The lowest BCUT2D eigenvalue weighted by atomic mass is 10.1. The van der Waals surface area contributed by atoms with Crippen molar-refractivity contribution < 1.29 is 18.6 Å². The van der Waals surface area contributed by atoms with E-state index in [0.717, 1.165) is 34.7 Å². The van der Waals surface area contributed by atoms with E-state index in [9.17, 15) is 4.39 Å². The fourth-order valence-corrected chi connectivity index (χ4v) is 3.19. The number of aliphatic imine (C=N–C) groups is 1. The van der Waals surface area contributed by atoms with Crippen molar-refractivity contribution in [2.75, 3.05) is 26.5 Å². The largest absolute Gasteiger partial charge is 0.494 e. The van der Waals surface area contributed by atoms with Crippen molar-refractivity contribution in [1.82, 2.24) is 10.6 Å². The van der Waals surface area contributed by atoms with Crippen LogP contribution in [0, 0.1) is 5.82 Å². The number of halogens is 1. The van der Waals surface area contributed by atoms with Gasteiger partial charge in [0.25, 0.3) is 0 Å². The van der Waals surface area contributed by atoms with Crippen LogP contribution >= 0.6 is 0 Å². The van der Waals surface area contributed by atoms with Crippen LogP contribution in [0.25, 0.3) is 0 Å². The molecule has 0 spiro atoms. The molecule has 0 saturated heterocycles. The second kappa shape index (κ2) is 10.7. The Kier molecular flexibility index (Phi) is 7.69. The third-order valence-electron chi connectivity index (χ3n) is 4.46. The van der Waals surface area contributed by atoms with Gasteiger partial charge in [-0.05, 0) is 44.0 Å². The average Bonchev–Trinajstić information content (AvgIpc) is 2.73. The first-order valence-electron chi connectivity index (χ1n) is 9.96. The summed E-state index contributed by atoms with van der Waals surface area (Å²) in [6, 6.07) is 10.9. The molecule has 6 nitrogen and oxygen atoms in total. The zero-order valence-corrected chi connectivity index (χ0v) is 17.0. The zero-order chi connectivity index (χ0) is 20.5. The van der Waals surface area contributed by atoms with Crippen LogP contribution in [0.1, 0.15) is 30.5 Å². The summed E-state index contributed by atoms with van der Waals surface area (Å²) in [4.78, 5) is 4.65. The molecule has 0 atom stereocenters. The topological polar surface area (TPSA) is 64.1 Å². The third-order valence-corrected chi connectivity index (χ3v) is 4.46. The lowest BCUT2D eigenvalue weighted by Gasteiger charge is -2.21. The van der Waals surface area contributed by atoms with Crippen LogP contribution in [-0.4, -0.2) is 32.4 Å². The molecule has 1 heterocycles. The van der Waals surface area contributed by atoms with E-state index in [1.54, 1.807) is 0 Å². The summed E-state index contributed by atoms with van der Waals surface area (Å²) in [5.74, 6) is 2.00. The van der Waals surface area contributed by atoms with Crippen molar-refractivity contribution in [3.63, 3.8) is 0 Å². The molecule has 1 aliphatic heterocycles. The molecule has 156 valence electrons. The van der Waals surface area contributed by atoms with Crippen molar-refractivity contribution in [3.05, 3.63) is 58.9 Å². The van der Waals surface area contributed by atoms with Gasteiger partial charge >= 0.3 is 0 Å². The minimum Gasteiger partial charge on any atom is -0.494 e. The van der Waals surface area contributed by atoms with E-state index in [4.69, 9.17) is 14.2 Å². The molecule has 0 saturated carbocycles. The Morgan fingerprint density at radius 3 is 2.86 bits per heavy atom. The maximum Gasteiger partial charge on any atom is 0.191 e. The van der Waals surface area contributed by atoms with Gasteiger partial charge in [0.05, 0.1) is 19.8 Å². The number of nitrogens with zero attached hydrogens (tertiary/aromatic N) is 1. The Bertz CT molecular complexity index is 842. The number of hydrogen-bond acceptors (Lipinski definition) is 4. The summed E-state index contributed by atoms with van der Waals surface area (Å²) in [6.07, 6.45) is 0.611. The van der Waals surface area contributed by atoms with Crippen molar-refractivity contribution in [3.8, 4) is 11.5 Å². The molecule has 0 amide bonds. The molecule has 0 fully saturated rings. The highest BCUT2D eigenvalue weighted by Crippen LogP contribution is 2.29. The van der Waals surface area contributed by atoms with Crippen molar-refractivity contribution in [2.45, 2.75) is 33.4 Å². The lowest BCUT2D eigenvalue weighted by Crippen LogP contribution is -2.38. The number of para-hydroxylation sites is 1. The lowest BCUT2D eigenvalue weighted by molar-refractivity contribution is -0.0172. The monoisotopic (exact) mass is 401 g/mol. The van der Waals surface area contributed by atoms with Crippen molar-refractivity contribution in [2.24, 2.45) is 4.99 Å². The Hall–Kier alpha value is -2.80. The number of ether oxygens (including phenoxy) is 3. The van der Waals surface area contributed by atoms with Gasteiger partial charge < -0.3 is 24.8 Å². The van der Waals surface area contributed by atoms with Gasteiger partial charge in [0, 0.05) is 24.2 Å². The molecule has 2 N–H and O–H groups in total. The quantitative estimate of drug-likeness (QED) is 0.524. The molecule has 0 bridgehead atoms. The molecule has 0 radical (unpaired) electrons. The molecule has 1 aliphatic rings. The number of benzene rings is 2. The zero-order valence-electron chi connectivity index (χ0n) is 17.0. The summed E-state index contributed by atoms with van der Waals surface area (Å²) >= 11 is 0. The van der Waals surface area contributed by atoms with E-state index in [-0.39, 0.29) is 12.6 Å². The average molecular weight is 401 g/mol. The number of rotatable bonds is 8. The van der Waals surface area contributed by atoms with Crippen molar-refractivity contribution >= 4 is 5.96 Å². The second-order valence-electron chi connectivity index (χ2n) is 6.58. The smallest absolute Gasteiger partial charge is 0.191 e. The predicted octanol–water partition coefficient (Wildman–Crippen LogP) is 3.39. The number of nitrogens with one attached hydrogen (secondary N) is 2. The summed E-state index contributed by atoms with van der Waals surface area (Å²) in [6.45, 7) is 7.01. The van der Waals surface area contributed by atoms with Gasteiger partial charge in [-0.15, -0.1) is 0 Å². The Morgan fingerprint density at radius 2 is 2.03 bits per heavy atom. The van der Waals surface area contributed by atoms with Crippen LogP contribution in [0.5, 0.6) is 11.5 Å². The minimum atomic E-state index is -0.277. The van der Waals surface area contributed by atoms with E-state index in [0.29, 0.717) is 38.7 Å². The van der Waals surface area contributed by atoms with E-state index in [1.165, 1.54) is 12.1 Å².